The van der Waals surface area contributed by atoms with Crippen LogP contribution in [0.3, 0.4) is 0 Å². The van der Waals surface area contributed by atoms with Crippen LogP contribution in [0.15, 0.2) is 24.3 Å². The van der Waals surface area contributed by atoms with E-state index >= 15 is 0 Å². The fraction of sp³-hybridized carbons (Fsp3) is 0. The zero-order chi connectivity index (χ0) is 9.14. The number of carboxylic acids is 2. The summed E-state index contributed by atoms with van der Waals surface area (Å²) in [5, 5.41) is 18.9. The molecule has 0 unspecified atom stereocenters. The predicted octanol–water partition coefficient (Wildman–Crippen LogP) is -3.90. The van der Waals surface area contributed by atoms with Crippen LogP contribution in [0.4, 0.5) is 0 Å². The topological polar surface area (TPSA) is 77.4 Å². The molecule has 0 aliphatic heterocycles. The van der Waals surface area contributed by atoms with Gasteiger partial charge in [-0.25, -0.2) is 4.79 Å². The van der Waals surface area contributed by atoms with E-state index in [-0.39, 0.29) is 92.1 Å². The summed E-state index contributed by atoms with van der Waals surface area (Å²) < 4.78 is 0. The molecule has 0 spiro atoms. The number of carbonyl (C=O) groups excluding carboxylic acids is 1. The summed E-state index contributed by atoms with van der Waals surface area (Å²) in [5.74, 6) is -2.75. The van der Waals surface area contributed by atoms with E-state index in [2.05, 4.69) is 0 Å². The van der Waals surface area contributed by atoms with Gasteiger partial charge in [0.15, 0.2) is 0 Å². The first-order valence-electron chi connectivity index (χ1n) is 3.16. The number of hydrogen-bond acceptors (Lipinski definition) is 3. The Hall–Kier alpha value is 0.796. The molecule has 0 saturated heterocycles. The van der Waals surface area contributed by atoms with Crippen LogP contribution in [0, 0.1) is 0 Å². The van der Waals surface area contributed by atoms with Gasteiger partial charge in [-0.05, 0) is 6.07 Å². The number of hydrogen-bond donors (Lipinski definition) is 1. The van der Waals surface area contributed by atoms with Crippen molar-refractivity contribution in [2.24, 2.45) is 0 Å². The standard InChI is InChI=1S/C8H6O4.K.Na.H/c9-7(10)5-3-1-2-4-6(5)8(11)12;;;/h1-4H,(H,9,10)(H,11,12);;;/q;+1;;/p-1. The molecule has 1 aromatic carbocycles. The van der Waals surface area contributed by atoms with Gasteiger partial charge in [-0.15, -0.1) is 0 Å². The van der Waals surface area contributed by atoms with E-state index in [1.165, 1.54) is 24.3 Å². The van der Waals surface area contributed by atoms with Gasteiger partial charge >= 0.3 is 86.9 Å². The number of benzene rings is 1. The molecule has 6 heteroatoms. The van der Waals surface area contributed by atoms with Crippen molar-refractivity contribution in [3.8, 4) is 0 Å². The fourth-order valence-corrected chi connectivity index (χ4v) is 0.848. The van der Waals surface area contributed by atoms with Crippen LogP contribution >= 0.6 is 0 Å². The molecule has 1 aromatic rings. The monoisotopic (exact) mass is 228 g/mol. The zero-order valence-corrected chi connectivity index (χ0v) is 10.1. The van der Waals surface area contributed by atoms with Crippen LogP contribution in [0.25, 0.3) is 0 Å². The molecule has 0 bridgehead atoms. The average Bonchev–Trinajstić information content (AvgIpc) is 2.04. The molecule has 0 heterocycles. The van der Waals surface area contributed by atoms with Crippen molar-refractivity contribution in [2.45, 2.75) is 0 Å². The average molecular weight is 228 g/mol. The summed E-state index contributed by atoms with van der Waals surface area (Å²) in [6.45, 7) is 0. The number of carbonyl (C=O) groups is 2. The second-order valence-electron chi connectivity index (χ2n) is 2.14. The molecular formula is C8H6KNaO4. The Labute approximate surface area is 145 Å². The summed E-state index contributed by atoms with van der Waals surface area (Å²) in [5.41, 5.74) is -0.553. The van der Waals surface area contributed by atoms with Gasteiger partial charge in [0.1, 0.15) is 0 Å². The molecule has 0 fully saturated rings. The summed E-state index contributed by atoms with van der Waals surface area (Å²) in [6.07, 6.45) is 0. The Balaban J connectivity index is 0. The van der Waals surface area contributed by atoms with Gasteiger partial charge < -0.3 is 15.0 Å². The normalized spacial score (nSPS) is 8.00. The Morgan fingerprint density at radius 2 is 1.57 bits per heavy atom. The van der Waals surface area contributed by atoms with Crippen LogP contribution in [0.2, 0.25) is 0 Å². The summed E-state index contributed by atoms with van der Waals surface area (Å²) in [7, 11) is 0. The molecule has 0 atom stereocenters. The SMILES string of the molecule is O=C([O-])c1ccccc1C(=O)O.[K+].[NaH]. The number of carboxylic acid groups (broad SMARTS) is 2. The molecule has 0 radical (unpaired) electrons. The minimum atomic E-state index is -1.48. The van der Waals surface area contributed by atoms with Gasteiger partial charge in [-0.3, -0.25) is 0 Å². The molecule has 4 nitrogen and oxygen atoms in total. The third-order valence-corrected chi connectivity index (χ3v) is 1.38. The third kappa shape index (κ3) is 4.54. The molecule has 0 aromatic heterocycles. The molecule has 14 heavy (non-hydrogen) atoms. The predicted molar refractivity (Wildman–Crippen MR) is 44.9 cm³/mol. The number of aromatic carboxylic acids is 2. The van der Waals surface area contributed by atoms with Crippen molar-refractivity contribution in [2.75, 3.05) is 0 Å². The van der Waals surface area contributed by atoms with Gasteiger partial charge in [0.05, 0.1) is 11.5 Å². The van der Waals surface area contributed by atoms with Crippen LogP contribution in [-0.2, 0) is 0 Å². The number of rotatable bonds is 2. The van der Waals surface area contributed by atoms with Crippen molar-refractivity contribution >= 4 is 41.5 Å². The van der Waals surface area contributed by atoms with E-state index in [1.54, 1.807) is 0 Å². The van der Waals surface area contributed by atoms with Crippen LogP contribution in [0.5, 0.6) is 0 Å². The van der Waals surface area contributed by atoms with Crippen molar-refractivity contribution < 1.29 is 71.2 Å². The van der Waals surface area contributed by atoms with E-state index in [0.717, 1.165) is 0 Å². The van der Waals surface area contributed by atoms with Crippen molar-refractivity contribution in [1.29, 1.82) is 0 Å². The Morgan fingerprint density at radius 3 is 1.86 bits per heavy atom. The summed E-state index contributed by atoms with van der Waals surface area (Å²) in [6, 6.07) is 5.31. The van der Waals surface area contributed by atoms with Gasteiger partial charge in [0.2, 0.25) is 0 Å². The first-order chi connectivity index (χ1) is 5.63. The maximum absolute atomic E-state index is 10.4. The van der Waals surface area contributed by atoms with Crippen molar-refractivity contribution in [1.82, 2.24) is 0 Å². The Morgan fingerprint density at radius 1 is 1.14 bits per heavy atom. The summed E-state index contributed by atoms with van der Waals surface area (Å²) >= 11 is 0. The molecule has 0 aliphatic carbocycles. The van der Waals surface area contributed by atoms with E-state index in [0.29, 0.717) is 0 Å². The molecular weight excluding hydrogens is 222 g/mol. The quantitative estimate of drug-likeness (QED) is 0.525. The summed E-state index contributed by atoms with van der Waals surface area (Å²) in [4.78, 5) is 20.8. The third-order valence-electron chi connectivity index (χ3n) is 1.38. The molecule has 0 saturated carbocycles. The molecule has 1 rings (SSSR count). The van der Waals surface area contributed by atoms with E-state index in [1.807, 2.05) is 0 Å². The van der Waals surface area contributed by atoms with Crippen LogP contribution in [0.1, 0.15) is 20.7 Å². The Kier molecular flexibility index (Phi) is 9.84. The van der Waals surface area contributed by atoms with Crippen molar-refractivity contribution in [3.63, 3.8) is 0 Å². The minimum absolute atomic E-state index is 0. The first-order valence-corrected chi connectivity index (χ1v) is 3.16. The first kappa shape index (κ1) is 17.2. The van der Waals surface area contributed by atoms with Crippen LogP contribution in [-0.4, -0.2) is 46.6 Å². The van der Waals surface area contributed by atoms with Gasteiger partial charge in [-0.1, -0.05) is 18.2 Å². The molecule has 64 valence electrons. The van der Waals surface area contributed by atoms with Gasteiger partial charge in [-0.2, -0.15) is 0 Å². The second-order valence-corrected chi connectivity index (χ2v) is 2.14. The van der Waals surface area contributed by atoms with Gasteiger partial charge in [0, 0.05) is 5.56 Å². The molecule has 1 N–H and O–H groups in total. The van der Waals surface area contributed by atoms with Crippen molar-refractivity contribution in [3.05, 3.63) is 35.4 Å². The van der Waals surface area contributed by atoms with Crippen LogP contribution < -0.4 is 56.5 Å². The second kappa shape index (κ2) is 8.01. The Bertz CT molecular complexity index is 307. The van der Waals surface area contributed by atoms with E-state index in [9.17, 15) is 14.7 Å². The maximum atomic E-state index is 10.4. The molecule has 0 aliphatic rings. The zero-order valence-electron chi connectivity index (χ0n) is 6.98. The van der Waals surface area contributed by atoms with Gasteiger partial charge in [0.25, 0.3) is 0 Å². The van der Waals surface area contributed by atoms with E-state index in [4.69, 9.17) is 5.11 Å². The fourth-order valence-electron chi connectivity index (χ4n) is 0.848. The molecule has 0 amide bonds. The van der Waals surface area contributed by atoms with E-state index < -0.39 is 11.9 Å².